The summed E-state index contributed by atoms with van der Waals surface area (Å²) in [6.45, 7) is 6.81. The van der Waals surface area contributed by atoms with Crippen molar-refractivity contribution in [1.29, 1.82) is 0 Å². The molecule has 0 saturated carbocycles. The zero-order chi connectivity index (χ0) is 17.0. The average Bonchev–Trinajstić information content (AvgIpc) is 2.55. The molecule has 1 heterocycles. The molecule has 128 valence electrons. The predicted octanol–water partition coefficient (Wildman–Crippen LogP) is 2.25. The van der Waals surface area contributed by atoms with E-state index in [0.29, 0.717) is 18.9 Å². The second-order valence-electron chi connectivity index (χ2n) is 6.56. The van der Waals surface area contributed by atoms with E-state index in [1.165, 1.54) is 4.31 Å². The standard InChI is InChI=1S/C17H26N2O3S/c1-13(2)14(3)18-17(20)15-8-7-11-19(12-15)23(21,22)16-9-5-4-6-10-16/h4-6,9-10,13-15H,7-8,11-12H2,1-3H3,(H,18,20)/t14-,15+/m0/s1. The van der Waals surface area contributed by atoms with E-state index in [-0.39, 0.29) is 29.3 Å². The van der Waals surface area contributed by atoms with Crippen molar-refractivity contribution in [3.05, 3.63) is 30.3 Å². The van der Waals surface area contributed by atoms with Gasteiger partial charge in [0.05, 0.1) is 10.8 Å². The zero-order valence-electron chi connectivity index (χ0n) is 14.0. The van der Waals surface area contributed by atoms with Crippen molar-refractivity contribution in [3.63, 3.8) is 0 Å². The zero-order valence-corrected chi connectivity index (χ0v) is 14.8. The molecule has 1 saturated heterocycles. The fraction of sp³-hybridized carbons (Fsp3) is 0.588. The van der Waals surface area contributed by atoms with Crippen LogP contribution in [0.4, 0.5) is 0 Å². The fourth-order valence-electron chi connectivity index (χ4n) is 2.63. The van der Waals surface area contributed by atoms with Crippen LogP contribution in [0.15, 0.2) is 35.2 Å². The maximum absolute atomic E-state index is 12.7. The van der Waals surface area contributed by atoms with E-state index < -0.39 is 10.0 Å². The van der Waals surface area contributed by atoms with Crippen LogP contribution in [0.2, 0.25) is 0 Å². The molecule has 1 aromatic rings. The molecule has 1 aliphatic heterocycles. The third-order valence-electron chi connectivity index (χ3n) is 4.51. The first-order chi connectivity index (χ1) is 10.8. The molecule has 1 fully saturated rings. The molecule has 0 aliphatic carbocycles. The second kappa shape index (κ2) is 7.45. The quantitative estimate of drug-likeness (QED) is 0.895. The number of benzene rings is 1. The van der Waals surface area contributed by atoms with Crippen LogP contribution < -0.4 is 5.32 Å². The van der Waals surface area contributed by atoms with Gasteiger partial charge in [-0.3, -0.25) is 4.79 Å². The molecular formula is C17H26N2O3S. The Morgan fingerprint density at radius 1 is 1.22 bits per heavy atom. The van der Waals surface area contributed by atoms with Gasteiger partial charge in [0.15, 0.2) is 0 Å². The van der Waals surface area contributed by atoms with Crippen molar-refractivity contribution in [2.75, 3.05) is 13.1 Å². The number of piperidine rings is 1. The molecule has 1 amide bonds. The van der Waals surface area contributed by atoms with Gasteiger partial charge in [-0.2, -0.15) is 4.31 Å². The first-order valence-corrected chi connectivity index (χ1v) is 9.62. The van der Waals surface area contributed by atoms with Crippen LogP contribution in [-0.4, -0.2) is 37.8 Å². The summed E-state index contributed by atoms with van der Waals surface area (Å²) in [5, 5.41) is 3.00. The molecule has 23 heavy (non-hydrogen) atoms. The van der Waals surface area contributed by atoms with Gasteiger partial charge in [-0.15, -0.1) is 0 Å². The maximum atomic E-state index is 12.7. The van der Waals surface area contributed by atoms with Crippen molar-refractivity contribution in [3.8, 4) is 0 Å². The van der Waals surface area contributed by atoms with Crippen LogP contribution in [0.25, 0.3) is 0 Å². The van der Waals surface area contributed by atoms with Crippen molar-refractivity contribution in [2.45, 2.75) is 44.6 Å². The van der Waals surface area contributed by atoms with Gasteiger partial charge in [0.2, 0.25) is 15.9 Å². The molecule has 0 aromatic heterocycles. The van der Waals surface area contributed by atoms with Gasteiger partial charge in [0, 0.05) is 19.1 Å². The highest BCUT2D eigenvalue weighted by molar-refractivity contribution is 7.89. The molecule has 1 aliphatic rings. The summed E-state index contributed by atoms with van der Waals surface area (Å²) in [6, 6.07) is 8.50. The lowest BCUT2D eigenvalue weighted by Crippen LogP contribution is -2.47. The summed E-state index contributed by atoms with van der Waals surface area (Å²) in [4.78, 5) is 12.7. The average molecular weight is 338 g/mol. The Bertz CT molecular complexity index is 628. The van der Waals surface area contributed by atoms with Gasteiger partial charge in [-0.25, -0.2) is 8.42 Å². The van der Waals surface area contributed by atoms with Gasteiger partial charge in [0.1, 0.15) is 0 Å². The minimum Gasteiger partial charge on any atom is -0.353 e. The number of nitrogens with one attached hydrogen (secondary N) is 1. The molecule has 1 N–H and O–H groups in total. The normalized spacial score (nSPS) is 21.1. The Morgan fingerprint density at radius 3 is 2.48 bits per heavy atom. The lowest BCUT2D eigenvalue weighted by molar-refractivity contribution is -0.127. The number of hydrogen-bond donors (Lipinski definition) is 1. The van der Waals surface area contributed by atoms with Crippen LogP contribution in [0.5, 0.6) is 0 Å². The molecule has 1 aromatic carbocycles. The summed E-state index contributed by atoms with van der Waals surface area (Å²) in [6.07, 6.45) is 1.44. The topological polar surface area (TPSA) is 66.5 Å². The summed E-state index contributed by atoms with van der Waals surface area (Å²) in [7, 11) is -3.52. The van der Waals surface area contributed by atoms with Gasteiger partial charge in [0.25, 0.3) is 0 Å². The molecule has 0 radical (unpaired) electrons. The van der Waals surface area contributed by atoms with E-state index in [0.717, 1.165) is 6.42 Å². The van der Waals surface area contributed by atoms with Gasteiger partial charge >= 0.3 is 0 Å². The van der Waals surface area contributed by atoms with Crippen LogP contribution in [0.1, 0.15) is 33.6 Å². The Kier molecular flexibility index (Phi) is 5.81. The van der Waals surface area contributed by atoms with Crippen molar-refractivity contribution in [2.24, 2.45) is 11.8 Å². The molecule has 2 atom stereocenters. The SMILES string of the molecule is CC(C)[C@H](C)NC(=O)[C@@H]1CCCN(S(=O)(=O)c2ccccc2)C1. The number of carbonyl (C=O) groups excluding carboxylic acids is 1. The van der Waals surface area contributed by atoms with E-state index in [1.54, 1.807) is 30.3 Å². The highest BCUT2D eigenvalue weighted by Gasteiger charge is 2.33. The number of hydrogen-bond acceptors (Lipinski definition) is 3. The maximum Gasteiger partial charge on any atom is 0.243 e. The fourth-order valence-corrected chi connectivity index (χ4v) is 4.17. The highest BCUT2D eigenvalue weighted by atomic mass is 32.2. The summed E-state index contributed by atoms with van der Waals surface area (Å²) in [5.74, 6) is 0.0364. The molecule has 6 heteroatoms. The van der Waals surface area contributed by atoms with E-state index in [2.05, 4.69) is 19.2 Å². The van der Waals surface area contributed by atoms with E-state index in [9.17, 15) is 13.2 Å². The summed E-state index contributed by atoms with van der Waals surface area (Å²) < 4.78 is 26.8. The second-order valence-corrected chi connectivity index (χ2v) is 8.49. The van der Waals surface area contributed by atoms with Crippen molar-refractivity contribution < 1.29 is 13.2 Å². The van der Waals surface area contributed by atoms with Crippen molar-refractivity contribution in [1.82, 2.24) is 9.62 Å². The first kappa shape index (κ1) is 17.9. The number of nitrogens with zero attached hydrogens (tertiary/aromatic N) is 1. The highest BCUT2D eigenvalue weighted by Crippen LogP contribution is 2.24. The molecule has 0 spiro atoms. The molecule has 0 bridgehead atoms. The van der Waals surface area contributed by atoms with Gasteiger partial charge < -0.3 is 5.32 Å². The van der Waals surface area contributed by atoms with E-state index >= 15 is 0 Å². The monoisotopic (exact) mass is 338 g/mol. The first-order valence-electron chi connectivity index (χ1n) is 8.18. The summed E-state index contributed by atoms with van der Waals surface area (Å²) >= 11 is 0. The minimum absolute atomic E-state index is 0.0424. The van der Waals surface area contributed by atoms with Crippen LogP contribution in [-0.2, 0) is 14.8 Å². The number of amides is 1. The van der Waals surface area contributed by atoms with E-state index in [1.807, 2.05) is 6.92 Å². The third kappa shape index (κ3) is 4.32. The molecule has 0 unspecified atom stereocenters. The number of carbonyl (C=O) groups is 1. The van der Waals surface area contributed by atoms with E-state index in [4.69, 9.17) is 0 Å². The lowest BCUT2D eigenvalue weighted by atomic mass is 9.97. The Morgan fingerprint density at radius 2 is 1.87 bits per heavy atom. The third-order valence-corrected chi connectivity index (χ3v) is 6.39. The van der Waals surface area contributed by atoms with Crippen LogP contribution in [0, 0.1) is 11.8 Å². The smallest absolute Gasteiger partial charge is 0.243 e. The largest absolute Gasteiger partial charge is 0.353 e. The Hall–Kier alpha value is -1.40. The minimum atomic E-state index is -3.52. The predicted molar refractivity (Wildman–Crippen MR) is 90.4 cm³/mol. The Labute approximate surface area is 139 Å². The molecule has 2 rings (SSSR count). The van der Waals surface area contributed by atoms with Crippen LogP contribution in [0.3, 0.4) is 0 Å². The number of rotatable bonds is 5. The Balaban J connectivity index is 2.08. The molecular weight excluding hydrogens is 312 g/mol. The van der Waals surface area contributed by atoms with Gasteiger partial charge in [-0.1, -0.05) is 32.0 Å². The van der Waals surface area contributed by atoms with Crippen molar-refractivity contribution >= 4 is 15.9 Å². The molecule has 5 nitrogen and oxygen atoms in total. The lowest BCUT2D eigenvalue weighted by Gasteiger charge is -2.32. The number of sulfonamides is 1. The van der Waals surface area contributed by atoms with Crippen LogP contribution >= 0.6 is 0 Å². The summed E-state index contributed by atoms with van der Waals surface area (Å²) in [5.41, 5.74) is 0. The van der Waals surface area contributed by atoms with Gasteiger partial charge in [-0.05, 0) is 37.8 Å².